The number of halogens is 9. The zero-order valence-electron chi connectivity index (χ0n) is 12.8. The van der Waals surface area contributed by atoms with Gasteiger partial charge in [-0.25, -0.2) is 35.1 Å². The maximum Gasteiger partial charge on any atom is 0.202 e. The molecule has 3 aromatic carbocycles. The van der Waals surface area contributed by atoms with E-state index in [9.17, 15) is 39.5 Å². The highest BCUT2D eigenvalue weighted by Crippen LogP contribution is 2.56. The van der Waals surface area contributed by atoms with Gasteiger partial charge < -0.3 is 4.74 Å². The molecule has 0 aliphatic heterocycles. The number of ether oxygens (including phenoxy) is 1. The summed E-state index contributed by atoms with van der Waals surface area (Å²) in [6.07, 6.45) is 0. The van der Waals surface area contributed by atoms with Crippen LogP contribution in [0.1, 0.15) is 0 Å². The molecule has 1 aliphatic rings. The van der Waals surface area contributed by atoms with Gasteiger partial charge in [-0.15, -0.1) is 0 Å². The van der Waals surface area contributed by atoms with E-state index < -0.39 is 91.1 Å². The number of hydrogen-bond donors (Lipinski definition) is 0. The Morgan fingerprint density at radius 2 is 0.815 bits per heavy atom. The Morgan fingerprint density at radius 3 is 1.33 bits per heavy atom. The van der Waals surface area contributed by atoms with Gasteiger partial charge in [-0.05, 0) is 0 Å². The standard InChI is InChI=1S/C17H3F9O/c1-27-17-6-2-3(4-5(6)10(20)15(25)14(24)9(4)19)8(18)13(23)11(21)7(2)12(22)16(17)26/h1H3. The third-order valence-electron chi connectivity index (χ3n) is 4.38. The SMILES string of the molecule is COc1c(F)c(F)c2c(F)c(F)c(F)c3c2c1-c1c(F)c(F)c(F)c(F)c1-3. The summed E-state index contributed by atoms with van der Waals surface area (Å²) in [6.45, 7) is 0. The van der Waals surface area contributed by atoms with Gasteiger partial charge >= 0.3 is 0 Å². The van der Waals surface area contributed by atoms with Crippen molar-refractivity contribution in [1.29, 1.82) is 0 Å². The van der Waals surface area contributed by atoms with Crippen LogP contribution in [-0.4, -0.2) is 7.11 Å². The van der Waals surface area contributed by atoms with Gasteiger partial charge in [0, 0.05) is 27.6 Å². The Balaban J connectivity index is 2.45. The number of fused-ring (bicyclic) bond motifs is 3. The first kappa shape index (κ1) is 17.5. The summed E-state index contributed by atoms with van der Waals surface area (Å²) in [5.41, 5.74) is -4.83. The van der Waals surface area contributed by atoms with Crippen molar-refractivity contribution in [3.05, 3.63) is 52.4 Å². The van der Waals surface area contributed by atoms with Crippen LogP contribution >= 0.6 is 0 Å². The average molecular weight is 394 g/mol. The van der Waals surface area contributed by atoms with Gasteiger partial charge in [0.25, 0.3) is 0 Å². The normalized spacial score (nSPS) is 12.1. The van der Waals surface area contributed by atoms with Crippen LogP contribution in [-0.2, 0) is 0 Å². The van der Waals surface area contributed by atoms with E-state index in [4.69, 9.17) is 0 Å². The molecule has 0 aromatic heterocycles. The molecule has 1 aliphatic carbocycles. The molecular weight excluding hydrogens is 391 g/mol. The van der Waals surface area contributed by atoms with Gasteiger partial charge in [0.15, 0.2) is 52.3 Å². The van der Waals surface area contributed by atoms with E-state index >= 15 is 0 Å². The Labute approximate surface area is 143 Å². The van der Waals surface area contributed by atoms with E-state index in [1.165, 1.54) is 0 Å². The molecule has 0 heterocycles. The third kappa shape index (κ3) is 1.82. The number of rotatable bonds is 1. The Hall–Kier alpha value is -2.91. The number of benzene rings is 3. The average Bonchev–Trinajstić information content (AvgIpc) is 2.99. The predicted molar refractivity (Wildman–Crippen MR) is 74.6 cm³/mol. The van der Waals surface area contributed by atoms with Crippen LogP contribution in [0.25, 0.3) is 33.0 Å². The zero-order valence-corrected chi connectivity index (χ0v) is 12.8. The van der Waals surface area contributed by atoms with E-state index in [2.05, 4.69) is 4.74 Å². The lowest BCUT2D eigenvalue weighted by Crippen LogP contribution is -2.02. The molecule has 0 amide bonds. The fourth-order valence-corrected chi connectivity index (χ4v) is 3.32. The minimum atomic E-state index is -2.36. The molecule has 140 valence electrons. The predicted octanol–water partition coefficient (Wildman–Crippen LogP) is 5.75. The maximum absolute atomic E-state index is 14.4. The lowest BCUT2D eigenvalue weighted by atomic mass is 9.99. The molecule has 0 spiro atoms. The van der Waals surface area contributed by atoms with Crippen molar-refractivity contribution in [2.75, 3.05) is 7.11 Å². The molecule has 27 heavy (non-hydrogen) atoms. The van der Waals surface area contributed by atoms with Crippen LogP contribution in [0.15, 0.2) is 0 Å². The molecule has 0 saturated heterocycles. The first-order valence-corrected chi connectivity index (χ1v) is 7.06. The van der Waals surface area contributed by atoms with Gasteiger partial charge in [0.05, 0.1) is 12.5 Å². The molecule has 0 fully saturated rings. The summed E-state index contributed by atoms with van der Waals surface area (Å²) in [5, 5.41) is -2.49. The van der Waals surface area contributed by atoms with E-state index in [1.807, 2.05) is 0 Å². The number of hydrogen-bond acceptors (Lipinski definition) is 1. The summed E-state index contributed by atoms with van der Waals surface area (Å²) in [6, 6.07) is 0. The van der Waals surface area contributed by atoms with Gasteiger partial charge in [-0.1, -0.05) is 0 Å². The van der Waals surface area contributed by atoms with Crippen LogP contribution in [0, 0.1) is 52.4 Å². The van der Waals surface area contributed by atoms with Gasteiger partial charge in [-0.3, -0.25) is 0 Å². The Morgan fingerprint density at radius 1 is 0.407 bits per heavy atom. The molecule has 0 atom stereocenters. The molecule has 10 heteroatoms. The Bertz CT molecular complexity index is 1200. The molecule has 0 saturated carbocycles. The van der Waals surface area contributed by atoms with E-state index in [0.717, 1.165) is 7.11 Å². The molecule has 1 nitrogen and oxygen atoms in total. The van der Waals surface area contributed by atoms with Crippen molar-refractivity contribution in [2.45, 2.75) is 0 Å². The van der Waals surface area contributed by atoms with Crippen LogP contribution in [0.3, 0.4) is 0 Å². The topological polar surface area (TPSA) is 9.23 Å². The molecule has 0 unspecified atom stereocenters. The maximum atomic E-state index is 14.4. The first-order valence-electron chi connectivity index (χ1n) is 7.06. The second-order valence-corrected chi connectivity index (χ2v) is 5.61. The van der Waals surface area contributed by atoms with E-state index in [1.54, 1.807) is 0 Å². The van der Waals surface area contributed by atoms with Gasteiger partial charge in [0.2, 0.25) is 5.82 Å². The van der Waals surface area contributed by atoms with Crippen LogP contribution in [0.4, 0.5) is 39.5 Å². The van der Waals surface area contributed by atoms with Crippen LogP contribution < -0.4 is 4.74 Å². The monoisotopic (exact) mass is 394 g/mol. The fraction of sp³-hybridized carbons (Fsp3) is 0.0588. The zero-order chi connectivity index (χ0) is 19.9. The second kappa shape index (κ2) is 5.30. The highest BCUT2D eigenvalue weighted by atomic mass is 19.2. The van der Waals surface area contributed by atoms with Gasteiger partial charge in [-0.2, -0.15) is 4.39 Å². The van der Waals surface area contributed by atoms with Crippen molar-refractivity contribution in [2.24, 2.45) is 0 Å². The summed E-state index contributed by atoms with van der Waals surface area (Å²) in [4.78, 5) is 0. The lowest BCUT2D eigenvalue weighted by molar-refractivity contribution is 0.374. The number of methoxy groups -OCH3 is 1. The molecular formula is C17H3F9O. The summed E-state index contributed by atoms with van der Waals surface area (Å²) < 4.78 is 131. The minimum Gasteiger partial charge on any atom is -0.493 e. The van der Waals surface area contributed by atoms with Crippen molar-refractivity contribution in [1.82, 2.24) is 0 Å². The molecule has 0 N–H and O–H groups in total. The minimum absolute atomic E-state index is 0.766. The highest BCUT2D eigenvalue weighted by molar-refractivity contribution is 6.18. The van der Waals surface area contributed by atoms with Crippen LogP contribution in [0.5, 0.6) is 5.75 Å². The summed E-state index contributed by atoms with van der Waals surface area (Å²) in [7, 11) is 0.766. The van der Waals surface area contributed by atoms with Gasteiger partial charge in [0.1, 0.15) is 0 Å². The highest BCUT2D eigenvalue weighted by Gasteiger charge is 2.41. The molecule has 0 radical (unpaired) electrons. The fourth-order valence-electron chi connectivity index (χ4n) is 3.32. The summed E-state index contributed by atoms with van der Waals surface area (Å²) in [5.74, 6) is -20.7. The second-order valence-electron chi connectivity index (χ2n) is 5.61. The molecule has 3 aromatic rings. The van der Waals surface area contributed by atoms with Crippen molar-refractivity contribution in [3.8, 4) is 28.0 Å². The first-order chi connectivity index (χ1) is 12.6. The smallest absolute Gasteiger partial charge is 0.202 e. The van der Waals surface area contributed by atoms with E-state index in [-0.39, 0.29) is 0 Å². The third-order valence-corrected chi connectivity index (χ3v) is 4.38. The molecule has 4 rings (SSSR count). The molecule has 0 bridgehead atoms. The lowest BCUT2D eigenvalue weighted by Gasteiger charge is -2.13. The quantitative estimate of drug-likeness (QED) is 0.227. The largest absolute Gasteiger partial charge is 0.493 e. The van der Waals surface area contributed by atoms with E-state index in [0.29, 0.717) is 0 Å². The van der Waals surface area contributed by atoms with Crippen molar-refractivity contribution in [3.63, 3.8) is 0 Å². The summed E-state index contributed by atoms with van der Waals surface area (Å²) >= 11 is 0. The van der Waals surface area contributed by atoms with Crippen molar-refractivity contribution >= 4 is 10.8 Å². The van der Waals surface area contributed by atoms with Crippen molar-refractivity contribution < 1.29 is 44.3 Å². The Kier molecular flexibility index (Phi) is 3.44. The van der Waals surface area contributed by atoms with Crippen LogP contribution in [0.2, 0.25) is 0 Å².